The molecule has 0 N–H and O–H groups in total. The smallest absolute Gasteiger partial charge is 0.237 e. The van der Waals surface area contributed by atoms with Crippen LogP contribution in [0.1, 0.15) is 25.1 Å². The normalized spacial score (nSPS) is 22.9. The molecule has 3 heterocycles. The summed E-state index contributed by atoms with van der Waals surface area (Å²) < 4.78 is 67.3. The Morgan fingerprint density at radius 3 is 2.41 bits per heavy atom. The molecular weight excluding hydrogens is 409 g/mol. The number of sulfonamides is 1. The van der Waals surface area contributed by atoms with Gasteiger partial charge in [0.15, 0.2) is 17.5 Å². The van der Waals surface area contributed by atoms with Crippen molar-refractivity contribution in [3.8, 4) is 0 Å². The number of hydrogen-bond acceptors (Lipinski definition) is 4. The number of benzene rings is 1. The standard InChI is InChI=1S/C18H19F3N4O3S/c1-10-7-24-16(15(6-22-24)25-11(2)9-29(25,27)28)8-23(10)17(26)5-12-3-13(19)18(21)14(20)4-12/h3-4,6,10-11H,5,7-9H2,1-2H3/t10-,11-/m0/s1. The van der Waals surface area contributed by atoms with Crippen molar-refractivity contribution in [1.29, 1.82) is 0 Å². The van der Waals surface area contributed by atoms with Gasteiger partial charge in [-0.05, 0) is 31.5 Å². The van der Waals surface area contributed by atoms with E-state index in [1.807, 2.05) is 0 Å². The first-order valence-corrected chi connectivity index (χ1v) is 10.7. The molecule has 1 saturated heterocycles. The van der Waals surface area contributed by atoms with Gasteiger partial charge < -0.3 is 4.90 Å². The Morgan fingerprint density at radius 1 is 1.17 bits per heavy atom. The Balaban J connectivity index is 1.59. The van der Waals surface area contributed by atoms with Gasteiger partial charge >= 0.3 is 0 Å². The van der Waals surface area contributed by atoms with Gasteiger partial charge in [-0.2, -0.15) is 5.10 Å². The van der Waals surface area contributed by atoms with Gasteiger partial charge in [-0.25, -0.2) is 21.6 Å². The number of carbonyl (C=O) groups excluding carboxylic acids is 1. The molecule has 2 aliphatic rings. The van der Waals surface area contributed by atoms with Crippen molar-refractivity contribution in [1.82, 2.24) is 14.7 Å². The van der Waals surface area contributed by atoms with Crippen LogP contribution in [-0.4, -0.2) is 46.8 Å². The monoisotopic (exact) mass is 428 g/mol. The fourth-order valence-electron chi connectivity index (χ4n) is 3.92. The lowest BCUT2D eigenvalue weighted by molar-refractivity contribution is -0.134. The maximum Gasteiger partial charge on any atom is 0.237 e. The average molecular weight is 428 g/mol. The van der Waals surface area contributed by atoms with Gasteiger partial charge in [0.05, 0.1) is 48.9 Å². The highest BCUT2D eigenvalue weighted by atomic mass is 32.2. The first-order valence-electron chi connectivity index (χ1n) is 9.08. The largest absolute Gasteiger partial charge is 0.332 e. The van der Waals surface area contributed by atoms with E-state index in [9.17, 15) is 26.4 Å². The summed E-state index contributed by atoms with van der Waals surface area (Å²) in [5, 5.41) is 4.25. The van der Waals surface area contributed by atoms with E-state index in [2.05, 4.69) is 5.10 Å². The minimum absolute atomic E-state index is 0.0249. The molecule has 2 atom stereocenters. The van der Waals surface area contributed by atoms with E-state index in [1.165, 1.54) is 15.4 Å². The molecule has 2 aliphatic heterocycles. The summed E-state index contributed by atoms with van der Waals surface area (Å²) in [5.74, 6) is -4.63. The van der Waals surface area contributed by atoms with Crippen LogP contribution in [-0.2, 0) is 34.3 Å². The highest BCUT2D eigenvalue weighted by molar-refractivity contribution is 7.94. The van der Waals surface area contributed by atoms with Gasteiger partial charge in [-0.15, -0.1) is 0 Å². The van der Waals surface area contributed by atoms with E-state index < -0.39 is 33.4 Å². The van der Waals surface area contributed by atoms with Crippen LogP contribution >= 0.6 is 0 Å². The summed E-state index contributed by atoms with van der Waals surface area (Å²) >= 11 is 0. The fourth-order valence-corrected chi connectivity index (χ4v) is 5.66. The molecule has 156 valence electrons. The Kier molecular flexibility index (Phi) is 4.60. The van der Waals surface area contributed by atoms with E-state index in [0.29, 0.717) is 17.9 Å². The SMILES string of the molecule is C[C@H]1Cn2ncc(N3[C@@H](C)CS3(=O)=O)c2CN1C(=O)Cc1cc(F)c(F)c(F)c1. The summed E-state index contributed by atoms with van der Waals surface area (Å²) in [6.45, 7) is 4.06. The number of rotatable bonds is 3. The number of anilines is 1. The van der Waals surface area contributed by atoms with Crippen LogP contribution in [0.5, 0.6) is 0 Å². The van der Waals surface area contributed by atoms with E-state index >= 15 is 0 Å². The van der Waals surface area contributed by atoms with E-state index in [0.717, 1.165) is 12.1 Å². The number of fused-ring (bicyclic) bond motifs is 1. The van der Waals surface area contributed by atoms with Gasteiger partial charge in [0.25, 0.3) is 0 Å². The fraction of sp³-hybridized carbons (Fsp3) is 0.444. The number of halogens is 3. The summed E-state index contributed by atoms with van der Waals surface area (Å²) in [5.41, 5.74) is 1.05. The third-order valence-corrected chi connectivity index (χ3v) is 7.38. The summed E-state index contributed by atoms with van der Waals surface area (Å²) in [6.07, 6.45) is 1.17. The number of amides is 1. The highest BCUT2D eigenvalue weighted by Crippen LogP contribution is 2.35. The first-order chi connectivity index (χ1) is 13.6. The Labute approximate surface area is 165 Å². The number of carbonyl (C=O) groups is 1. The minimum Gasteiger partial charge on any atom is -0.332 e. The van der Waals surface area contributed by atoms with Gasteiger partial charge in [0.1, 0.15) is 0 Å². The van der Waals surface area contributed by atoms with Crippen LogP contribution in [0.4, 0.5) is 18.9 Å². The van der Waals surface area contributed by atoms with E-state index in [1.54, 1.807) is 18.5 Å². The zero-order valence-corrected chi connectivity index (χ0v) is 16.6. The molecule has 4 rings (SSSR count). The second-order valence-corrected chi connectivity index (χ2v) is 9.39. The van der Waals surface area contributed by atoms with Crippen LogP contribution in [0.15, 0.2) is 18.3 Å². The highest BCUT2D eigenvalue weighted by Gasteiger charge is 2.43. The van der Waals surface area contributed by atoms with Crippen molar-refractivity contribution in [3.63, 3.8) is 0 Å². The third-order valence-electron chi connectivity index (χ3n) is 5.32. The van der Waals surface area contributed by atoms with Crippen LogP contribution in [0.2, 0.25) is 0 Å². The maximum atomic E-state index is 13.4. The average Bonchev–Trinajstić information content (AvgIpc) is 2.99. The second kappa shape index (κ2) is 6.75. The molecule has 1 aromatic carbocycles. The molecule has 7 nitrogen and oxygen atoms in total. The van der Waals surface area contributed by atoms with Crippen LogP contribution in [0.3, 0.4) is 0 Å². The van der Waals surface area contributed by atoms with Crippen molar-refractivity contribution in [2.24, 2.45) is 0 Å². The van der Waals surface area contributed by atoms with Crippen LogP contribution < -0.4 is 4.31 Å². The lowest BCUT2D eigenvalue weighted by Gasteiger charge is -2.41. The van der Waals surface area contributed by atoms with Crippen LogP contribution in [0, 0.1) is 17.5 Å². The Morgan fingerprint density at radius 2 is 1.83 bits per heavy atom. The van der Waals surface area contributed by atoms with Crippen molar-refractivity contribution in [2.75, 3.05) is 10.1 Å². The van der Waals surface area contributed by atoms with Gasteiger partial charge in [-0.1, -0.05) is 0 Å². The number of hydrogen-bond donors (Lipinski definition) is 0. The molecule has 0 radical (unpaired) electrons. The zero-order valence-electron chi connectivity index (χ0n) is 15.8. The van der Waals surface area contributed by atoms with Gasteiger partial charge in [0.2, 0.25) is 15.9 Å². The molecule has 29 heavy (non-hydrogen) atoms. The topological polar surface area (TPSA) is 75.5 Å². The molecule has 2 aromatic rings. The molecule has 0 bridgehead atoms. The molecule has 1 amide bonds. The number of nitrogens with zero attached hydrogens (tertiary/aromatic N) is 4. The number of aromatic nitrogens is 2. The lowest BCUT2D eigenvalue weighted by atomic mass is 10.1. The van der Waals surface area contributed by atoms with Crippen molar-refractivity contribution >= 4 is 21.6 Å². The molecule has 1 fully saturated rings. The quantitative estimate of drug-likeness (QED) is 0.699. The molecule has 0 aliphatic carbocycles. The molecule has 0 saturated carbocycles. The predicted octanol–water partition coefficient (Wildman–Crippen LogP) is 1.81. The second-order valence-electron chi connectivity index (χ2n) is 7.50. The van der Waals surface area contributed by atoms with Gasteiger partial charge in [0, 0.05) is 6.04 Å². The molecular formula is C18H19F3N4O3S. The van der Waals surface area contributed by atoms with E-state index in [-0.39, 0.29) is 36.4 Å². The maximum absolute atomic E-state index is 13.4. The molecule has 0 spiro atoms. The minimum atomic E-state index is -3.38. The lowest BCUT2D eigenvalue weighted by Crippen LogP contribution is -2.56. The van der Waals surface area contributed by atoms with Crippen molar-refractivity contribution in [3.05, 3.63) is 47.0 Å². The molecule has 1 aromatic heterocycles. The van der Waals surface area contributed by atoms with Crippen molar-refractivity contribution < 1.29 is 26.4 Å². The van der Waals surface area contributed by atoms with E-state index in [4.69, 9.17) is 0 Å². The summed E-state index contributed by atoms with van der Waals surface area (Å²) in [6, 6.07) is 1.15. The van der Waals surface area contributed by atoms with Crippen LogP contribution in [0.25, 0.3) is 0 Å². The van der Waals surface area contributed by atoms with Crippen molar-refractivity contribution in [2.45, 2.75) is 45.4 Å². The third kappa shape index (κ3) is 3.26. The summed E-state index contributed by atoms with van der Waals surface area (Å²) in [4.78, 5) is 14.3. The predicted molar refractivity (Wildman–Crippen MR) is 98.0 cm³/mol. The molecule has 0 unspecified atom stereocenters. The molecule has 11 heteroatoms. The van der Waals surface area contributed by atoms with Gasteiger partial charge in [-0.3, -0.25) is 13.8 Å². The Hall–Kier alpha value is -2.56. The zero-order chi connectivity index (χ0) is 21.1. The first kappa shape index (κ1) is 19.7. The summed E-state index contributed by atoms with van der Waals surface area (Å²) in [7, 11) is -3.38. The Bertz CT molecular complexity index is 1080.